The first-order valence-corrected chi connectivity index (χ1v) is 9.51. The molecule has 2 aliphatic rings. The summed E-state index contributed by atoms with van der Waals surface area (Å²) in [7, 11) is 0. The fraction of sp³-hybridized carbons (Fsp3) is 0.591. The smallest absolute Gasteiger partial charge is 0.298 e. The third-order valence-corrected chi connectivity index (χ3v) is 5.50. The van der Waals surface area contributed by atoms with Crippen molar-refractivity contribution in [2.24, 2.45) is 17.8 Å². The Morgan fingerprint density at radius 1 is 1.40 bits per heavy atom. The van der Waals surface area contributed by atoms with Crippen LogP contribution in [0.25, 0.3) is 0 Å². The molecule has 0 fully saturated rings. The van der Waals surface area contributed by atoms with Gasteiger partial charge < -0.3 is 9.84 Å². The second-order valence-electron chi connectivity index (χ2n) is 7.56. The molecule has 0 amide bonds. The molecule has 0 aromatic heterocycles. The van der Waals surface area contributed by atoms with Crippen LogP contribution >= 0.6 is 0 Å². The third kappa shape index (κ3) is 4.94. The third-order valence-electron chi connectivity index (χ3n) is 5.50. The van der Waals surface area contributed by atoms with E-state index >= 15 is 0 Å². The predicted molar refractivity (Wildman–Crippen MR) is 102 cm³/mol. The minimum Gasteiger partial charge on any atom is -0.433 e. The number of hydrogen-bond donors (Lipinski definition) is 1. The van der Waals surface area contributed by atoms with Gasteiger partial charge in [0.1, 0.15) is 5.76 Å². The maximum absolute atomic E-state index is 11.1. The van der Waals surface area contributed by atoms with Crippen LogP contribution in [0.2, 0.25) is 0 Å². The van der Waals surface area contributed by atoms with Gasteiger partial charge in [0.15, 0.2) is 0 Å². The first kappa shape index (κ1) is 19.7. The van der Waals surface area contributed by atoms with Crippen LogP contribution in [0.5, 0.6) is 0 Å². The van der Waals surface area contributed by atoms with Gasteiger partial charge in [-0.3, -0.25) is 4.79 Å². The first-order valence-electron chi connectivity index (χ1n) is 9.51. The lowest BCUT2D eigenvalue weighted by atomic mass is 9.68. The molecule has 0 aliphatic heterocycles. The summed E-state index contributed by atoms with van der Waals surface area (Å²) >= 11 is 0. The summed E-state index contributed by atoms with van der Waals surface area (Å²) in [6.45, 7) is 11.0. The maximum Gasteiger partial charge on any atom is 0.298 e. The van der Waals surface area contributed by atoms with Gasteiger partial charge in [-0.2, -0.15) is 0 Å². The zero-order valence-corrected chi connectivity index (χ0v) is 15.8. The standard InChI is InChI=1S/C22H32O3/c1-5-6-7-8-17-12-20(24)22(21(13-17)25-14-23)19-11-16(4)9-10-18(19)15(2)3/h11-14,18-20,22,24H,2,5-10H2,1,3-4H3/t18-,19+,20?,22?/m0/s1. The number of unbranched alkanes of at least 4 members (excludes halogenated alkanes) is 2. The van der Waals surface area contributed by atoms with E-state index in [1.165, 1.54) is 5.57 Å². The van der Waals surface area contributed by atoms with Gasteiger partial charge in [0.2, 0.25) is 0 Å². The van der Waals surface area contributed by atoms with E-state index in [1.807, 2.05) is 12.2 Å². The molecule has 3 heteroatoms. The van der Waals surface area contributed by atoms with Crippen LogP contribution in [-0.2, 0) is 9.53 Å². The number of aliphatic hydroxyl groups is 1. The quantitative estimate of drug-likeness (QED) is 0.379. The van der Waals surface area contributed by atoms with Crippen molar-refractivity contribution in [2.75, 3.05) is 0 Å². The van der Waals surface area contributed by atoms with Crippen LogP contribution in [0.3, 0.4) is 0 Å². The number of ether oxygens (including phenoxy) is 1. The number of aliphatic hydroxyl groups excluding tert-OH is 1. The molecule has 0 bridgehead atoms. The molecule has 25 heavy (non-hydrogen) atoms. The molecule has 0 heterocycles. The van der Waals surface area contributed by atoms with E-state index in [0.29, 0.717) is 18.1 Å². The normalized spacial score (nSPS) is 29.4. The van der Waals surface area contributed by atoms with Crippen LogP contribution in [0, 0.1) is 17.8 Å². The number of carbonyl (C=O) groups is 1. The lowest BCUT2D eigenvalue weighted by molar-refractivity contribution is -0.126. The minimum atomic E-state index is -0.634. The minimum absolute atomic E-state index is 0.112. The summed E-state index contributed by atoms with van der Waals surface area (Å²) in [4.78, 5) is 11.1. The zero-order chi connectivity index (χ0) is 18.4. The predicted octanol–water partition coefficient (Wildman–Crippen LogP) is 5.09. The lowest BCUT2D eigenvalue weighted by Gasteiger charge is -2.39. The number of carbonyl (C=O) groups excluding carboxylic acids is 1. The second kappa shape index (κ2) is 9.19. The fourth-order valence-electron chi connectivity index (χ4n) is 4.17. The monoisotopic (exact) mass is 344 g/mol. The Labute approximate surface area is 152 Å². The van der Waals surface area contributed by atoms with Crippen molar-refractivity contribution in [1.82, 2.24) is 0 Å². The van der Waals surface area contributed by atoms with Gasteiger partial charge in [-0.1, -0.05) is 49.6 Å². The largest absolute Gasteiger partial charge is 0.433 e. The second-order valence-corrected chi connectivity index (χ2v) is 7.56. The first-order chi connectivity index (χ1) is 12.0. The van der Waals surface area contributed by atoms with Crippen molar-refractivity contribution in [3.63, 3.8) is 0 Å². The highest BCUT2D eigenvalue weighted by molar-refractivity contribution is 5.43. The highest BCUT2D eigenvalue weighted by Gasteiger charge is 2.39. The summed E-state index contributed by atoms with van der Waals surface area (Å²) in [5.41, 5.74) is 3.53. The Bertz CT molecular complexity index is 582. The van der Waals surface area contributed by atoms with Crippen molar-refractivity contribution >= 4 is 6.47 Å². The van der Waals surface area contributed by atoms with Crippen LogP contribution in [0.4, 0.5) is 0 Å². The van der Waals surface area contributed by atoms with Crippen molar-refractivity contribution in [1.29, 1.82) is 0 Å². The highest BCUT2D eigenvalue weighted by Crippen LogP contribution is 2.43. The summed E-state index contributed by atoms with van der Waals surface area (Å²) < 4.78 is 5.34. The zero-order valence-electron chi connectivity index (χ0n) is 15.8. The van der Waals surface area contributed by atoms with Crippen molar-refractivity contribution in [3.8, 4) is 0 Å². The fourth-order valence-corrected chi connectivity index (χ4v) is 4.17. The molecule has 0 saturated carbocycles. The number of rotatable bonds is 8. The lowest BCUT2D eigenvalue weighted by Crippen LogP contribution is -2.36. The Hall–Kier alpha value is -1.61. The molecule has 1 N–H and O–H groups in total. The summed E-state index contributed by atoms with van der Waals surface area (Å²) in [5, 5.41) is 10.9. The molecule has 0 radical (unpaired) electrons. The molecule has 3 nitrogen and oxygen atoms in total. The van der Waals surface area contributed by atoms with Gasteiger partial charge in [0.05, 0.1) is 12.0 Å². The van der Waals surface area contributed by atoms with E-state index in [0.717, 1.165) is 49.7 Å². The molecule has 0 aromatic rings. The molecule has 2 aliphatic carbocycles. The molecule has 2 rings (SSSR count). The summed E-state index contributed by atoms with van der Waals surface area (Å²) in [6.07, 6.45) is 11.9. The molecule has 0 aromatic carbocycles. The Morgan fingerprint density at radius 3 is 2.80 bits per heavy atom. The Balaban J connectivity index is 2.29. The van der Waals surface area contributed by atoms with Crippen LogP contribution in [-0.4, -0.2) is 17.7 Å². The molecular weight excluding hydrogens is 312 g/mol. The van der Waals surface area contributed by atoms with Crippen molar-refractivity contribution in [2.45, 2.75) is 65.4 Å². The average Bonchev–Trinajstić information content (AvgIpc) is 2.55. The molecule has 4 atom stereocenters. The Kier molecular flexibility index (Phi) is 7.24. The average molecular weight is 344 g/mol. The van der Waals surface area contributed by atoms with E-state index < -0.39 is 6.10 Å². The molecule has 138 valence electrons. The molecular formula is C22H32O3. The van der Waals surface area contributed by atoms with E-state index in [2.05, 4.69) is 33.4 Å². The van der Waals surface area contributed by atoms with Crippen LogP contribution in [0.1, 0.15) is 59.3 Å². The van der Waals surface area contributed by atoms with Gasteiger partial charge >= 0.3 is 0 Å². The van der Waals surface area contributed by atoms with Gasteiger partial charge in [0, 0.05) is 0 Å². The summed E-state index contributed by atoms with van der Waals surface area (Å²) in [6, 6.07) is 0. The van der Waals surface area contributed by atoms with Gasteiger partial charge in [-0.15, -0.1) is 0 Å². The molecule has 0 spiro atoms. The van der Waals surface area contributed by atoms with Crippen molar-refractivity contribution in [3.05, 3.63) is 47.3 Å². The van der Waals surface area contributed by atoms with Crippen LogP contribution < -0.4 is 0 Å². The van der Waals surface area contributed by atoms with E-state index in [1.54, 1.807) is 0 Å². The highest BCUT2D eigenvalue weighted by atomic mass is 16.5. The topological polar surface area (TPSA) is 46.5 Å². The molecule has 2 unspecified atom stereocenters. The number of allylic oxidation sites excluding steroid dienone is 5. The van der Waals surface area contributed by atoms with Gasteiger partial charge in [-0.25, -0.2) is 0 Å². The maximum atomic E-state index is 11.1. The van der Waals surface area contributed by atoms with E-state index in [9.17, 15) is 9.90 Å². The van der Waals surface area contributed by atoms with E-state index in [4.69, 9.17) is 4.74 Å². The van der Waals surface area contributed by atoms with Gasteiger partial charge in [-0.05, 0) is 63.0 Å². The summed E-state index contributed by atoms with van der Waals surface area (Å²) in [5.74, 6) is 0.786. The molecule has 0 saturated heterocycles. The number of hydrogen-bond acceptors (Lipinski definition) is 3. The van der Waals surface area contributed by atoms with Gasteiger partial charge in [0.25, 0.3) is 6.47 Å². The Morgan fingerprint density at radius 2 is 2.16 bits per heavy atom. The van der Waals surface area contributed by atoms with Crippen LogP contribution in [0.15, 0.2) is 47.3 Å². The van der Waals surface area contributed by atoms with E-state index in [-0.39, 0.29) is 11.8 Å². The SMILES string of the molecule is C=C(C)[C@@H]1CCC(C)=C[C@H]1C1C(OC=O)=CC(CCCCC)=CC1O. The van der Waals surface area contributed by atoms with Crippen molar-refractivity contribution < 1.29 is 14.6 Å².